The van der Waals surface area contributed by atoms with Crippen molar-refractivity contribution in [3.8, 4) is 28.6 Å². The first-order valence-corrected chi connectivity index (χ1v) is 11.4. The minimum absolute atomic E-state index is 0.0874. The maximum Gasteiger partial charge on any atom is 0.340 e. The fraction of sp³-hybridized carbons (Fsp3) is 0.0870. The zero-order valence-electron chi connectivity index (χ0n) is 17.5. The Balaban J connectivity index is 1.75. The number of methoxy groups -OCH3 is 1. The molecule has 0 bridgehead atoms. The molecule has 0 radical (unpaired) electrons. The van der Waals surface area contributed by atoms with E-state index in [1.807, 2.05) is 0 Å². The van der Waals surface area contributed by atoms with Crippen LogP contribution in [-0.2, 0) is 10.0 Å². The number of carbonyl (C=O) groups is 1. The van der Waals surface area contributed by atoms with Crippen LogP contribution in [0.3, 0.4) is 0 Å². The van der Waals surface area contributed by atoms with E-state index in [1.54, 1.807) is 24.3 Å². The van der Waals surface area contributed by atoms with E-state index in [-0.39, 0.29) is 39.5 Å². The molecule has 4 rings (SSSR count). The molecule has 0 aliphatic carbocycles. The van der Waals surface area contributed by atoms with Crippen LogP contribution in [0.4, 0.5) is 10.1 Å². The topological polar surface area (TPSA) is 115 Å². The first kappa shape index (κ1) is 22.2. The zero-order chi connectivity index (χ0) is 23.8. The molecule has 0 saturated carbocycles. The SMILES string of the molecule is COc1cc2c(C(=O)O)c(-c3ccc(Oc4ccc(F)cc4)cc3)oc2cc1NS(C)(=O)=O. The summed E-state index contributed by atoms with van der Waals surface area (Å²) in [4.78, 5) is 12.1. The Morgan fingerprint density at radius 1 is 1.03 bits per heavy atom. The van der Waals surface area contributed by atoms with Gasteiger partial charge in [-0.2, -0.15) is 0 Å². The average Bonchev–Trinajstić information content (AvgIpc) is 3.12. The molecule has 0 saturated heterocycles. The number of fused-ring (bicyclic) bond motifs is 1. The van der Waals surface area contributed by atoms with Crippen LogP contribution in [0.25, 0.3) is 22.3 Å². The molecule has 8 nitrogen and oxygen atoms in total. The normalized spacial score (nSPS) is 11.4. The van der Waals surface area contributed by atoms with E-state index in [0.29, 0.717) is 17.1 Å². The summed E-state index contributed by atoms with van der Waals surface area (Å²) in [5.41, 5.74) is 0.654. The molecule has 4 aromatic rings. The summed E-state index contributed by atoms with van der Waals surface area (Å²) < 4.78 is 55.4. The minimum Gasteiger partial charge on any atom is -0.495 e. The number of carboxylic acid groups (broad SMARTS) is 1. The highest BCUT2D eigenvalue weighted by Gasteiger charge is 2.24. The van der Waals surface area contributed by atoms with Crippen LogP contribution in [0.1, 0.15) is 10.4 Å². The van der Waals surface area contributed by atoms with Crippen LogP contribution in [0, 0.1) is 5.82 Å². The molecule has 2 N–H and O–H groups in total. The standard InChI is InChI=1S/C23H18FNO7S/c1-30-20-11-17-19(12-18(20)25-33(2,28)29)32-22(21(17)23(26)27)13-3-7-15(8-4-13)31-16-9-5-14(24)6-10-16/h3-12,25H,1-2H3,(H,26,27). The minimum atomic E-state index is -3.61. The summed E-state index contributed by atoms with van der Waals surface area (Å²) >= 11 is 0. The van der Waals surface area contributed by atoms with Crippen molar-refractivity contribution >= 4 is 32.6 Å². The number of anilines is 1. The predicted molar refractivity (Wildman–Crippen MR) is 120 cm³/mol. The number of sulfonamides is 1. The number of carboxylic acids is 1. The molecule has 0 fully saturated rings. The molecule has 0 aliphatic rings. The molecule has 1 aromatic heterocycles. The lowest BCUT2D eigenvalue weighted by Gasteiger charge is -2.09. The summed E-state index contributed by atoms with van der Waals surface area (Å²) in [7, 11) is -2.26. The fourth-order valence-corrected chi connectivity index (χ4v) is 3.86. The second-order valence-electron chi connectivity index (χ2n) is 7.11. The average molecular weight is 471 g/mol. The van der Waals surface area contributed by atoms with E-state index < -0.39 is 16.0 Å². The van der Waals surface area contributed by atoms with E-state index in [0.717, 1.165) is 6.26 Å². The molecule has 0 aliphatic heterocycles. The lowest BCUT2D eigenvalue weighted by Crippen LogP contribution is -2.10. The van der Waals surface area contributed by atoms with Crippen molar-refractivity contribution in [2.45, 2.75) is 0 Å². The van der Waals surface area contributed by atoms with Crippen molar-refractivity contribution in [2.24, 2.45) is 0 Å². The maximum atomic E-state index is 13.1. The van der Waals surface area contributed by atoms with Gasteiger partial charge in [0, 0.05) is 17.0 Å². The number of hydrogen-bond acceptors (Lipinski definition) is 6. The number of rotatable bonds is 7. The summed E-state index contributed by atoms with van der Waals surface area (Å²) in [6, 6.07) is 14.8. The monoisotopic (exact) mass is 471 g/mol. The van der Waals surface area contributed by atoms with Crippen LogP contribution in [-0.4, -0.2) is 32.9 Å². The molecule has 3 aromatic carbocycles. The zero-order valence-corrected chi connectivity index (χ0v) is 18.3. The second kappa shape index (κ2) is 8.47. The molecule has 0 atom stereocenters. The summed E-state index contributed by atoms with van der Waals surface area (Å²) in [6.07, 6.45) is 0.989. The molecule has 0 unspecified atom stereocenters. The van der Waals surface area contributed by atoms with Gasteiger partial charge < -0.3 is 19.0 Å². The molecular weight excluding hydrogens is 453 g/mol. The number of aromatic carboxylic acids is 1. The van der Waals surface area contributed by atoms with Gasteiger partial charge in [-0.1, -0.05) is 0 Å². The number of nitrogens with one attached hydrogen (secondary N) is 1. The van der Waals surface area contributed by atoms with Gasteiger partial charge in [0.15, 0.2) is 0 Å². The van der Waals surface area contributed by atoms with Crippen LogP contribution >= 0.6 is 0 Å². The van der Waals surface area contributed by atoms with Crippen LogP contribution in [0.5, 0.6) is 17.2 Å². The van der Waals surface area contributed by atoms with Gasteiger partial charge in [0.1, 0.15) is 40.0 Å². The van der Waals surface area contributed by atoms with Gasteiger partial charge in [0.25, 0.3) is 0 Å². The Morgan fingerprint density at radius 3 is 2.18 bits per heavy atom. The van der Waals surface area contributed by atoms with Crippen LogP contribution in [0.2, 0.25) is 0 Å². The van der Waals surface area contributed by atoms with Gasteiger partial charge in [-0.15, -0.1) is 0 Å². The van der Waals surface area contributed by atoms with Crippen LogP contribution < -0.4 is 14.2 Å². The quantitative estimate of drug-likeness (QED) is 0.385. The summed E-state index contributed by atoms with van der Waals surface area (Å²) in [5.74, 6) is -0.469. The van der Waals surface area contributed by atoms with Gasteiger partial charge in [0.05, 0.1) is 19.1 Å². The highest BCUT2D eigenvalue weighted by Crippen LogP contribution is 2.39. The molecule has 33 heavy (non-hydrogen) atoms. The second-order valence-corrected chi connectivity index (χ2v) is 8.86. The van der Waals surface area contributed by atoms with Crippen molar-refractivity contribution in [3.05, 3.63) is 72.0 Å². The van der Waals surface area contributed by atoms with E-state index in [4.69, 9.17) is 13.9 Å². The third-order valence-corrected chi connectivity index (χ3v) is 5.28. The van der Waals surface area contributed by atoms with Gasteiger partial charge in [-0.25, -0.2) is 17.6 Å². The Kier molecular flexibility index (Phi) is 5.69. The lowest BCUT2D eigenvalue weighted by atomic mass is 10.0. The molecule has 170 valence electrons. The van der Waals surface area contributed by atoms with Crippen molar-refractivity contribution in [3.63, 3.8) is 0 Å². The highest BCUT2D eigenvalue weighted by molar-refractivity contribution is 7.92. The Hall–Kier alpha value is -4.05. The lowest BCUT2D eigenvalue weighted by molar-refractivity contribution is 0.0699. The maximum absolute atomic E-state index is 13.1. The molecule has 10 heteroatoms. The summed E-state index contributed by atoms with van der Waals surface area (Å²) in [6.45, 7) is 0. The van der Waals surface area contributed by atoms with E-state index in [9.17, 15) is 22.7 Å². The number of furan rings is 1. The smallest absolute Gasteiger partial charge is 0.340 e. The van der Waals surface area contributed by atoms with Crippen molar-refractivity contribution in [2.75, 3.05) is 18.1 Å². The predicted octanol–water partition coefficient (Wildman–Crippen LogP) is 5.11. The van der Waals surface area contributed by atoms with Crippen molar-refractivity contribution < 1.29 is 36.6 Å². The first-order valence-electron chi connectivity index (χ1n) is 9.54. The Labute approximate surface area is 188 Å². The molecule has 0 amide bonds. The summed E-state index contributed by atoms with van der Waals surface area (Å²) in [5, 5.41) is 10.1. The molecule has 1 heterocycles. The number of benzene rings is 3. The highest BCUT2D eigenvalue weighted by atomic mass is 32.2. The molecule has 0 spiro atoms. The van der Waals surface area contributed by atoms with Crippen molar-refractivity contribution in [1.29, 1.82) is 0 Å². The van der Waals surface area contributed by atoms with Crippen molar-refractivity contribution in [1.82, 2.24) is 0 Å². The van der Waals surface area contributed by atoms with Gasteiger partial charge in [-0.3, -0.25) is 4.72 Å². The molecular formula is C23H18FNO7S. The number of ether oxygens (including phenoxy) is 2. The van der Waals surface area contributed by atoms with Gasteiger partial charge in [0.2, 0.25) is 10.0 Å². The number of halogens is 1. The third kappa shape index (κ3) is 4.75. The van der Waals surface area contributed by atoms with E-state index >= 15 is 0 Å². The van der Waals surface area contributed by atoms with E-state index in [2.05, 4.69) is 4.72 Å². The Bertz CT molecular complexity index is 1440. The Morgan fingerprint density at radius 2 is 1.64 bits per heavy atom. The first-order chi connectivity index (χ1) is 15.6. The number of hydrogen-bond donors (Lipinski definition) is 2. The van der Waals surface area contributed by atoms with Crippen LogP contribution in [0.15, 0.2) is 65.1 Å². The van der Waals surface area contributed by atoms with Gasteiger partial charge >= 0.3 is 5.97 Å². The fourth-order valence-electron chi connectivity index (χ4n) is 3.30. The van der Waals surface area contributed by atoms with E-state index in [1.165, 1.54) is 43.5 Å². The third-order valence-electron chi connectivity index (χ3n) is 4.69. The largest absolute Gasteiger partial charge is 0.495 e. The van der Waals surface area contributed by atoms with Gasteiger partial charge in [-0.05, 0) is 54.6 Å².